The number of nitrogens with zero attached hydrogens (tertiary/aromatic N) is 3. The van der Waals surface area contributed by atoms with Gasteiger partial charge in [0.25, 0.3) is 5.91 Å². The minimum absolute atomic E-state index is 0.137. The molecule has 7 nitrogen and oxygen atoms in total. The van der Waals surface area contributed by atoms with Crippen LogP contribution in [0.15, 0.2) is 6.07 Å². The third-order valence-corrected chi connectivity index (χ3v) is 3.37. The Labute approximate surface area is 124 Å². The fourth-order valence-electron chi connectivity index (χ4n) is 2.21. The third-order valence-electron chi connectivity index (χ3n) is 3.37. The third kappa shape index (κ3) is 3.68. The van der Waals surface area contributed by atoms with Crippen molar-refractivity contribution in [1.29, 1.82) is 0 Å². The lowest BCUT2D eigenvalue weighted by atomic mass is 10.0. The van der Waals surface area contributed by atoms with Crippen LogP contribution >= 0.6 is 0 Å². The molecule has 1 aliphatic heterocycles. The maximum atomic E-state index is 12.1. The maximum Gasteiger partial charge on any atom is 0.251 e. The zero-order chi connectivity index (χ0) is 15.4. The molecule has 1 fully saturated rings. The van der Waals surface area contributed by atoms with E-state index in [1.165, 1.54) is 11.9 Å². The SMILES string of the molecule is CCCNc1cc(NC2CCC(=O)N(C)C2=O)nc(C)n1. The van der Waals surface area contributed by atoms with E-state index < -0.39 is 6.04 Å². The summed E-state index contributed by atoms with van der Waals surface area (Å²) in [5, 5.41) is 6.30. The molecule has 0 aliphatic carbocycles. The fraction of sp³-hybridized carbons (Fsp3) is 0.571. The summed E-state index contributed by atoms with van der Waals surface area (Å²) in [5.74, 6) is 1.61. The summed E-state index contributed by atoms with van der Waals surface area (Å²) < 4.78 is 0. The van der Waals surface area contributed by atoms with E-state index in [4.69, 9.17) is 0 Å². The number of likely N-dealkylation sites (N-methyl/N-ethyl adjacent to an activating group) is 1. The highest BCUT2D eigenvalue weighted by atomic mass is 16.2. The number of rotatable bonds is 5. The highest BCUT2D eigenvalue weighted by Gasteiger charge is 2.31. The molecule has 0 bridgehead atoms. The second-order valence-electron chi connectivity index (χ2n) is 5.14. The van der Waals surface area contributed by atoms with Gasteiger partial charge in [0.1, 0.15) is 23.5 Å². The van der Waals surface area contributed by atoms with Crippen molar-refractivity contribution in [2.45, 2.75) is 39.2 Å². The van der Waals surface area contributed by atoms with E-state index in [9.17, 15) is 9.59 Å². The molecule has 7 heteroatoms. The summed E-state index contributed by atoms with van der Waals surface area (Å²) in [5.41, 5.74) is 0. The van der Waals surface area contributed by atoms with Gasteiger partial charge < -0.3 is 10.6 Å². The van der Waals surface area contributed by atoms with Crippen molar-refractivity contribution in [3.63, 3.8) is 0 Å². The molecule has 2 rings (SSSR count). The number of hydrogen-bond donors (Lipinski definition) is 2. The van der Waals surface area contributed by atoms with Crippen LogP contribution in [0.2, 0.25) is 0 Å². The highest BCUT2D eigenvalue weighted by Crippen LogP contribution is 2.18. The van der Waals surface area contributed by atoms with E-state index >= 15 is 0 Å². The van der Waals surface area contributed by atoms with Crippen LogP contribution in [0.1, 0.15) is 32.0 Å². The summed E-state index contributed by atoms with van der Waals surface area (Å²) in [6.07, 6.45) is 1.85. The van der Waals surface area contributed by atoms with E-state index in [0.717, 1.165) is 18.8 Å². The summed E-state index contributed by atoms with van der Waals surface area (Å²) in [6.45, 7) is 4.71. The lowest BCUT2D eigenvalue weighted by Crippen LogP contribution is -2.48. The van der Waals surface area contributed by atoms with Crippen molar-refractivity contribution in [3.05, 3.63) is 11.9 Å². The van der Waals surface area contributed by atoms with Gasteiger partial charge in [-0.1, -0.05) is 6.92 Å². The van der Waals surface area contributed by atoms with E-state index in [1.54, 1.807) is 13.0 Å². The number of hydrogen-bond acceptors (Lipinski definition) is 6. The smallest absolute Gasteiger partial charge is 0.251 e. The molecule has 1 aromatic rings. The minimum atomic E-state index is -0.416. The van der Waals surface area contributed by atoms with Gasteiger partial charge in [0.15, 0.2) is 0 Å². The minimum Gasteiger partial charge on any atom is -0.370 e. The van der Waals surface area contributed by atoms with Crippen LogP contribution in [0.25, 0.3) is 0 Å². The number of anilines is 2. The van der Waals surface area contributed by atoms with Gasteiger partial charge in [-0.2, -0.15) is 0 Å². The standard InChI is InChI=1S/C14H21N5O2/c1-4-7-15-11-8-12(17-9(2)16-11)18-10-5-6-13(20)19(3)14(10)21/h8,10H,4-7H2,1-3H3,(H2,15,16,17,18). The molecule has 0 aromatic carbocycles. The predicted octanol–water partition coefficient (Wildman–Crippen LogP) is 1.17. The first-order valence-corrected chi connectivity index (χ1v) is 7.17. The summed E-state index contributed by atoms with van der Waals surface area (Å²) in [6, 6.07) is 1.37. The van der Waals surface area contributed by atoms with Crippen molar-refractivity contribution in [1.82, 2.24) is 14.9 Å². The van der Waals surface area contributed by atoms with Crippen LogP contribution in [0.3, 0.4) is 0 Å². The monoisotopic (exact) mass is 291 g/mol. The van der Waals surface area contributed by atoms with Crippen LogP contribution in [-0.4, -0.2) is 46.3 Å². The Bertz CT molecular complexity index is 546. The van der Waals surface area contributed by atoms with Crippen LogP contribution in [0.5, 0.6) is 0 Å². The molecule has 0 spiro atoms. The second kappa shape index (κ2) is 6.51. The summed E-state index contributed by atoms with van der Waals surface area (Å²) in [7, 11) is 1.51. The summed E-state index contributed by atoms with van der Waals surface area (Å²) in [4.78, 5) is 33.3. The molecule has 0 radical (unpaired) electrons. The Kier molecular flexibility index (Phi) is 4.72. The lowest BCUT2D eigenvalue weighted by molar-refractivity contribution is -0.146. The quantitative estimate of drug-likeness (QED) is 0.792. The molecule has 2 N–H and O–H groups in total. The maximum absolute atomic E-state index is 12.1. The molecule has 21 heavy (non-hydrogen) atoms. The van der Waals surface area contributed by atoms with Gasteiger partial charge in [0.2, 0.25) is 5.91 Å². The number of likely N-dealkylation sites (tertiary alicyclic amines) is 1. The zero-order valence-corrected chi connectivity index (χ0v) is 12.6. The lowest BCUT2D eigenvalue weighted by Gasteiger charge is -2.28. The van der Waals surface area contributed by atoms with E-state index in [0.29, 0.717) is 24.5 Å². The van der Waals surface area contributed by atoms with Gasteiger partial charge in [-0.15, -0.1) is 0 Å². The van der Waals surface area contributed by atoms with E-state index in [2.05, 4.69) is 27.5 Å². The van der Waals surface area contributed by atoms with E-state index in [1.807, 2.05) is 0 Å². The largest absolute Gasteiger partial charge is 0.370 e. The fourth-order valence-corrected chi connectivity index (χ4v) is 2.21. The summed E-state index contributed by atoms with van der Waals surface area (Å²) >= 11 is 0. The molecule has 1 aliphatic rings. The topological polar surface area (TPSA) is 87.2 Å². The molecule has 1 atom stereocenters. The molecule has 114 valence electrons. The van der Waals surface area contributed by atoms with E-state index in [-0.39, 0.29) is 11.8 Å². The highest BCUT2D eigenvalue weighted by molar-refractivity contribution is 6.01. The van der Waals surface area contributed by atoms with Crippen molar-refractivity contribution < 1.29 is 9.59 Å². The first-order chi connectivity index (χ1) is 10.0. The number of amides is 2. The molecule has 1 unspecified atom stereocenters. The van der Waals surface area contributed by atoms with Crippen molar-refractivity contribution >= 4 is 23.5 Å². The van der Waals surface area contributed by atoms with Crippen molar-refractivity contribution in [2.24, 2.45) is 0 Å². The number of imide groups is 1. The van der Waals surface area contributed by atoms with Gasteiger partial charge in [-0.05, 0) is 19.8 Å². The molecule has 2 heterocycles. The molecule has 1 aromatic heterocycles. The number of piperidine rings is 1. The molecule has 2 amide bonds. The van der Waals surface area contributed by atoms with Crippen LogP contribution in [-0.2, 0) is 9.59 Å². The first kappa shape index (κ1) is 15.2. The number of nitrogens with one attached hydrogen (secondary N) is 2. The predicted molar refractivity (Wildman–Crippen MR) is 80.0 cm³/mol. The first-order valence-electron chi connectivity index (χ1n) is 7.17. The molecular formula is C14H21N5O2. The van der Waals surface area contributed by atoms with Gasteiger partial charge in [0, 0.05) is 26.1 Å². The Morgan fingerprint density at radius 3 is 2.76 bits per heavy atom. The number of aryl methyl sites for hydroxylation is 1. The number of carbonyl (C=O) groups is 2. The Morgan fingerprint density at radius 2 is 2.05 bits per heavy atom. The van der Waals surface area contributed by atoms with Gasteiger partial charge in [0.05, 0.1) is 0 Å². The average Bonchev–Trinajstić information content (AvgIpc) is 2.45. The van der Waals surface area contributed by atoms with Crippen LogP contribution in [0, 0.1) is 6.92 Å². The number of aromatic nitrogens is 2. The zero-order valence-electron chi connectivity index (χ0n) is 12.6. The molecular weight excluding hydrogens is 270 g/mol. The molecule has 0 saturated carbocycles. The average molecular weight is 291 g/mol. The molecule has 1 saturated heterocycles. The van der Waals surface area contributed by atoms with Crippen LogP contribution < -0.4 is 10.6 Å². The second-order valence-corrected chi connectivity index (χ2v) is 5.14. The Morgan fingerprint density at radius 1 is 1.33 bits per heavy atom. The van der Waals surface area contributed by atoms with Gasteiger partial charge in [-0.25, -0.2) is 9.97 Å². The Balaban J connectivity index is 2.10. The normalized spacial score (nSPS) is 18.8. The van der Waals surface area contributed by atoms with Gasteiger partial charge >= 0.3 is 0 Å². The number of carbonyl (C=O) groups excluding carboxylic acids is 2. The van der Waals surface area contributed by atoms with Crippen LogP contribution in [0.4, 0.5) is 11.6 Å². The Hall–Kier alpha value is -2.18. The van der Waals surface area contributed by atoms with Crippen molar-refractivity contribution in [2.75, 3.05) is 24.2 Å². The van der Waals surface area contributed by atoms with Gasteiger partial charge in [-0.3, -0.25) is 14.5 Å². The van der Waals surface area contributed by atoms with Crippen molar-refractivity contribution in [3.8, 4) is 0 Å².